The molecule has 1 heterocycles. The molecule has 1 N–H and O–H groups in total. The van der Waals surface area contributed by atoms with Crippen LogP contribution in [0.2, 0.25) is 0 Å². The first-order valence-corrected chi connectivity index (χ1v) is 7.90. The predicted octanol–water partition coefficient (Wildman–Crippen LogP) is 1.45. The zero-order chi connectivity index (χ0) is 12.7. The average Bonchev–Trinajstić information content (AvgIpc) is 2.95. The van der Waals surface area contributed by atoms with Crippen LogP contribution in [0.5, 0.6) is 0 Å². The Morgan fingerprint density at radius 1 is 1.22 bits per heavy atom. The molecular formula is C13H19NO3S. The topological polar surface area (TPSA) is 57.6 Å². The zero-order valence-corrected chi connectivity index (χ0v) is 11.2. The molecule has 1 amide bonds. The number of carboxylic acids is 1. The Hall–Kier alpha value is -0.710. The number of hydrogen-bond donors (Lipinski definition) is 1. The maximum absolute atomic E-state index is 12.5. The molecule has 3 unspecified atom stereocenters. The third kappa shape index (κ3) is 2.37. The van der Waals surface area contributed by atoms with Crippen LogP contribution in [0.1, 0.15) is 25.7 Å². The Morgan fingerprint density at radius 2 is 1.94 bits per heavy atom. The number of hydrogen-bond acceptors (Lipinski definition) is 3. The molecule has 0 aromatic rings. The van der Waals surface area contributed by atoms with Crippen LogP contribution in [0.3, 0.4) is 0 Å². The van der Waals surface area contributed by atoms with Crippen molar-refractivity contribution in [1.29, 1.82) is 0 Å². The molecule has 2 saturated carbocycles. The van der Waals surface area contributed by atoms with E-state index in [0.717, 1.165) is 42.7 Å². The van der Waals surface area contributed by atoms with Gasteiger partial charge in [-0.2, -0.15) is 11.8 Å². The van der Waals surface area contributed by atoms with Crippen molar-refractivity contribution >= 4 is 23.6 Å². The van der Waals surface area contributed by atoms with E-state index in [1.54, 1.807) is 11.8 Å². The lowest BCUT2D eigenvalue weighted by Crippen LogP contribution is -2.49. The third-order valence-electron chi connectivity index (χ3n) is 4.51. The molecule has 0 radical (unpaired) electrons. The summed E-state index contributed by atoms with van der Waals surface area (Å²) in [5.41, 5.74) is 0. The molecule has 3 fully saturated rings. The van der Waals surface area contributed by atoms with E-state index < -0.39 is 5.97 Å². The fraction of sp³-hybridized carbons (Fsp3) is 0.846. The lowest BCUT2D eigenvalue weighted by Gasteiger charge is -2.36. The van der Waals surface area contributed by atoms with E-state index in [0.29, 0.717) is 0 Å². The summed E-state index contributed by atoms with van der Waals surface area (Å²) < 4.78 is 0. The number of thioether (sulfide) groups is 1. The summed E-state index contributed by atoms with van der Waals surface area (Å²) in [4.78, 5) is 25.2. The van der Waals surface area contributed by atoms with Crippen molar-refractivity contribution in [2.45, 2.75) is 31.7 Å². The summed E-state index contributed by atoms with van der Waals surface area (Å²) in [6.07, 6.45) is 3.51. The van der Waals surface area contributed by atoms with Gasteiger partial charge in [-0.1, -0.05) is 0 Å². The number of carbonyl (C=O) groups is 2. The molecule has 5 heteroatoms. The molecule has 0 aromatic carbocycles. The minimum absolute atomic E-state index is 0.0920. The summed E-state index contributed by atoms with van der Waals surface area (Å²) >= 11 is 1.76. The Kier molecular flexibility index (Phi) is 3.26. The van der Waals surface area contributed by atoms with E-state index in [1.807, 2.05) is 4.90 Å². The van der Waals surface area contributed by atoms with Gasteiger partial charge in [0.2, 0.25) is 5.91 Å². The predicted molar refractivity (Wildman–Crippen MR) is 69.4 cm³/mol. The highest BCUT2D eigenvalue weighted by molar-refractivity contribution is 7.99. The fourth-order valence-corrected chi connectivity index (χ4v) is 4.53. The van der Waals surface area contributed by atoms with E-state index in [4.69, 9.17) is 5.11 Å². The van der Waals surface area contributed by atoms with Gasteiger partial charge in [0.15, 0.2) is 0 Å². The molecule has 1 aliphatic heterocycles. The molecular weight excluding hydrogens is 250 g/mol. The molecule has 3 aliphatic rings. The third-order valence-corrected chi connectivity index (χ3v) is 5.61. The van der Waals surface area contributed by atoms with Crippen LogP contribution in [-0.4, -0.2) is 46.0 Å². The van der Waals surface area contributed by atoms with Crippen LogP contribution in [-0.2, 0) is 9.59 Å². The lowest BCUT2D eigenvalue weighted by molar-refractivity contribution is -0.142. The second-order valence-corrected chi connectivity index (χ2v) is 6.93. The van der Waals surface area contributed by atoms with Gasteiger partial charge in [0.1, 0.15) is 0 Å². The second-order valence-electron chi connectivity index (χ2n) is 5.78. The molecule has 18 heavy (non-hydrogen) atoms. The second kappa shape index (κ2) is 4.76. The van der Waals surface area contributed by atoms with Gasteiger partial charge < -0.3 is 10.0 Å². The summed E-state index contributed by atoms with van der Waals surface area (Å²) in [5.74, 6) is 2.95. The first-order chi connectivity index (χ1) is 8.65. The summed E-state index contributed by atoms with van der Waals surface area (Å²) in [6.45, 7) is 0.729. The molecule has 4 nitrogen and oxygen atoms in total. The van der Waals surface area contributed by atoms with Crippen molar-refractivity contribution in [3.8, 4) is 0 Å². The lowest BCUT2D eigenvalue weighted by atomic mass is 10.0. The maximum atomic E-state index is 12.5. The highest BCUT2D eigenvalue weighted by Gasteiger charge is 2.49. The number of rotatable bonds is 3. The molecule has 1 saturated heterocycles. The van der Waals surface area contributed by atoms with Crippen LogP contribution in [0, 0.1) is 17.8 Å². The van der Waals surface area contributed by atoms with Gasteiger partial charge in [0, 0.05) is 24.0 Å². The number of fused-ring (bicyclic) bond motifs is 1. The Bertz CT molecular complexity index is 363. The van der Waals surface area contributed by atoms with Crippen LogP contribution in [0.4, 0.5) is 0 Å². The van der Waals surface area contributed by atoms with Gasteiger partial charge in [0.25, 0.3) is 0 Å². The quantitative estimate of drug-likeness (QED) is 0.842. The minimum Gasteiger partial charge on any atom is -0.481 e. The standard InChI is InChI=1S/C13H19NO3S/c15-12(16)6-11-7-18-2-1-14(11)13(17)10-4-8-3-9(8)5-10/h8-11H,1-7H2,(H,15,16). The first-order valence-electron chi connectivity index (χ1n) is 6.75. The van der Waals surface area contributed by atoms with E-state index in [1.165, 1.54) is 6.42 Å². The van der Waals surface area contributed by atoms with Crippen LogP contribution < -0.4 is 0 Å². The molecule has 3 rings (SSSR count). The highest BCUT2D eigenvalue weighted by Crippen LogP contribution is 2.54. The average molecular weight is 269 g/mol. The van der Waals surface area contributed by atoms with E-state index in [-0.39, 0.29) is 24.3 Å². The van der Waals surface area contributed by atoms with Crippen LogP contribution in [0.15, 0.2) is 0 Å². The monoisotopic (exact) mass is 269 g/mol. The van der Waals surface area contributed by atoms with Gasteiger partial charge in [0.05, 0.1) is 12.5 Å². The number of carboxylic acid groups (broad SMARTS) is 1. The summed E-state index contributed by atoms with van der Waals surface area (Å²) in [7, 11) is 0. The van der Waals surface area contributed by atoms with Gasteiger partial charge in [-0.3, -0.25) is 9.59 Å². The van der Waals surface area contributed by atoms with Gasteiger partial charge >= 0.3 is 5.97 Å². The normalized spacial score (nSPS) is 38.3. The molecule has 2 aliphatic carbocycles. The number of aliphatic carboxylic acids is 1. The molecule has 100 valence electrons. The molecule has 0 spiro atoms. The SMILES string of the molecule is O=C(O)CC1CSCCN1C(=O)C1CC2CC2C1. The Balaban J connectivity index is 1.63. The number of amides is 1. The van der Waals surface area contributed by atoms with Gasteiger partial charge in [-0.05, 0) is 31.1 Å². The molecule has 0 aromatic heterocycles. The zero-order valence-electron chi connectivity index (χ0n) is 10.4. The molecule has 0 bridgehead atoms. The van der Waals surface area contributed by atoms with Gasteiger partial charge in [-0.25, -0.2) is 0 Å². The van der Waals surface area contributed by atoms with Crippen molar-refractivity contribution in [2.24, 2.45) is 17.8 Å². The first kappa shape index (κ1) is 12.3. The van der Waals surface area contributed by atoms with Crippen molar-refractivity contribution in [3.63, 3.8) is 0 Å². The Morgan fingerprint density at radius 3 is 2.61 bits per heavy atom. The number of carbonyl (C=O) groups excluding carboxylic acids is 1. The van der Waals surface area contributed by atoms with E-state index >= 15 is 0 Å². The smallest absolute Gasteiger partial charge is 0.305 e. The van der Waals surface area contributed by atoms with Crippen molar-refractivity contribution < 1.29 is 14.7 Å². The largest absolute Gasteiger partial charge is 0.481 e. The van der Waals surface area contributed by atoms with Crippen LogP contribution in [0.25, 0.3) is 0 Å². The van der Waals surface area contributed by atoms with E-state index in [2.05, 4.69) is 0 Å². The Labute approximate surface area is 111 Å². The summed E-state index contributed by atoms with van der Waals surface area (Å²) in [6, 6.07) is -0.0920. The fourth-order valence-electron chi connectivity index (χ4n) is 3.47. The molecule has 3 atom stereocenters. The minimum atomic E-state index is -0.797. The highest BCUT2D eigenvalue weighted by atomic mass is 32.2. The number of nitrogens with zero attached hydrogens (tertiary/aromatic N) is 1. The van der Waals surface area contributed by atoms with Crippen molar-refractivity contribution in [3.05, 3.63) is 0 Å². The summed E-state index contributed by atoms with van der Waals surface area (Å²) in [5, 5.41) is 8.93. The van der Waals surface area contributed by atoms with E-state index in [9.17, 15) is 9.59 Å². The van der Waals surface area contributed by atoms with Crippen molar-refractivity contribution in [2.75, 3.05) is 18.1 Å². The van der Waals surface area contributed by atoms with Gasteiger partial charge in [-0.15, -0.1) is 0 Å². The van der Waals surface area contributed by atoms with Crippen molar-refractivity contribution in [1.82, 2.24) is 4.90 Å². The maximum Gasteiger partial charge on any atom is 0.305 e. The van der Waals surface area contributed by atoms with Crippen LogP contribution >= 0.6 is 11.8 Å².